The highest BCUT2D eigenvalue weighted by atomic mass is 16.7. The van der Waals surface area contributed by atoms with E-state index in [-0.39, 0.29) is 30.9 Å². The number of carboxylic acid groups (broad SMARTS) is 1. The average molecular weight is 467 g/mol. The van der Waals surface area contributed by atoms with Crippen LogP contribution < -0.4 is 10.8 Å². The molecular weight excluding hydrogens is 436 g/mol. The van der Waals surface area contributed by atoms with E-state index >= 15 is 0 Å². The number of carbonyl (C=O) groups is 3. The first-order chi connectivity index (χ1) is 16.4. The number of fused-ring (bicyclic) bond motifs is 3. The van der Waals surface area contributed by atoms with Gasteiger partial charge in [-0.05, 0) is 47.9 Å². The summed E-state index contributed by atoms with van der Waals surface area (Å²) in [7, 11) is 0. The van der Waals surface area contributed by atoms with E-state index in [4.69, 9.17) is 14.7 Å². The van der Waals surface area contributed by atoms with Gasteiger partial charge >= 0.3 is 12.1 Å². The fraction of sp³-hybridized carbons (Fsp3) is 0.423. The number of carboxylic acids is 1. The molecule has 2 aliphatic rings. The molecule has 2 aromatic carbocycles. The van der Waals surface area contributed by atoms with Crippen LogP contribution in [0.4, 0.5) is 4.79 Å². The van der Waals surface area contributed by atoms with Crippen LogP contribution in [0.15, 0.2) is 48.5 Å². The standard InChI is InChI=1S/C26H30N2O6/c1-16(25(30)31)34-28-24(29)14-17-8-2-7-13-23(17)27-26(32)33-15-22-20-11-5-3-9-18(20)19-10-4-6-12-21(19)22/h3-6,9-12,16-17,22-23H,2,7-8,13-15H2,1H3,(H,27,32)(H,28,29)(H,30,31)/t16?,17-,23-/m1/s1. The van der Waals surface area contributed by atoms with E-state index in [9.17, 15) is 14.4 Å². The minimum Gasteiger partial charge on any atom is -0.479 e. The molecule has 2 amide bonds. The van der Waals surface area contributed by atoms with E-state index in [0.717, 1.165) is 36.8 Å². The third kappa shape index (κ3) is 5.39. The summed E-state index contributed by atoms with van der Waals surface area (Å²) in [5, 5.41) is 11.8. The van der Waals surface area contributed by atoms with E-state index in [2.05, 4.69) is 35.1 Å². The number of nitrogens with one attached hydrogen (secondary N) is 2. The van der Waals surface area contributed by atoms with Gasteiger partial charge in [0.05, 0.1) is 0 Å². The molecule has 1 saturated carbocycles. The summed E-state index contributed by atoms with van der Waals surface area (Å²) >= 11 is 0. The normalized spacial score (nSPS) is 20.0. The van der Waals surface area contributed by atoms with Crippen molar-refractivity contribution in [2.75, 3.05) is 6.61 Å². The lowest BCUT2D eigenvalue weighted by Gasteiger charge is -2.31. The molecule has 34 heavy (non-hydrogen) atoms. The molecule has 1 fully saturated rings. The summed E-state index contributed by atoms with van der Waals surface area (Å²) in [6, 6.07) is 16.2. The van der Waals surface area contributed by atoms with Crippen LogP contribution in [0.1, 0.15) is 56.1 Å². The molecule has 0 aromatic heterocycles. The zero-order chi connectivity index (χ0) is 24.1. The lowest BCUT2D eigenvalue weighted by atomic mass is 9.82. The van der Waals surface area contributed by atoms with E-state index in [1.807, 2.05) is 24.3 Å². The largest absolute Gasteiger partial charge is 0.479 e. The van der Waals surface area contributed by atoms with Crippen LogP contribution in [-0.2, 0) is 19.2 Å². The molecule has 0 radical (unpaired) electrons. The van der Waals surface area contributed by atoms with Crippen molar-refractivity contribution in [3.63, 3.8) is 0 Å². The third-order valence-electron chi connectivity index (χ3n) is 6.70. The van der Waals surface area contributed by atoms with E-state index in [0.29, 0.717) is 0 Å². The number of rotatable bonds is 8. The molecule has 0 saturated heterocycles. The lowest BCUT2D eigenvalue weighted by Crippen LogP contribution is -2.44. The maximum absolute atomic E-state index is 12.7. The molecule has 0 bridgehead atoms. The van der Waals surface area contributed by atoms with Gasteiger partial charge in [-0.3, -0.25) is 9.63 Å². The van der Waals surface area contributed by atoms with Crippen LogP contribution in [0.25, 0.3) is 11.1 Å². The van der Waals surface area contributed by atoms with Gasteiger partial charge in [-0.15, -0.1) is 0 Å². The van der Waals surface area contributed by atoms with Crippen molar-refractivity contribution in [1.82, 2.24) is 10.8 Å². The zero-order valence-corrected chi connectivity index (χ0v) is 19.2. The third-order valence-corrected chi connectivity index (χ3v) is 6.70. The molecule has 0 spiro atoms. The van der Waals surface area contributed by atoms with Gasteiger partial charge in [-0.25, -0.2) is 15.1 Å². The van der Waals surface area contributed by atoms with E-state index in [1.165, 1.54) is 18.1 Å². The van der Waals surface area contributed by atoms with Crippen molar-refractivity contribution < 1.29 is 29.1 Å². The fourth-order valence-electron chi connectivity index (χ4n) is 4.92. The molecule has 3 N–H and O–H groups in total. The van der Waals surface area contributed by atoms with Crippen molar-refractivity contribution in [3.05, 3.63) is 59.7 Å². The Kier molecular flexibility index (Phi) is 7.47. The fourth-order valence-corrected chi connectivity index (χ4v) is 4.92. The molecule has 2 aliphatic carbocycles. The smallest absolute Gasteiger partial charge is 0.407 e. The van der Waals surface area contributed by atoms with Crippen molar-refractivity contribution in [1.29, 1.82) is 0 Å². The average Bonchev–Trinajstić information content (AvgIpc) is 3.16. The van der Waals surface area contributed by atoms with Crippen molar-refractivity contribution >= 4 is 18.0 Å². The molecule has 0 aliphatic heterocycles. The number of alkyl carbamates (subject to hydrolysis) is 1. The Hall–Kier alpha value is -3.39. The number of hydrogen-bond donors (Lipinski definition) is 3. The summed E-state index contributed by atoms with van der Waals surface area (Å²) < 4.78 is 5.66. The first kappa shape index (κ1) is 23.8. The summed E-state index contributed by atoms with van der Waals surface area (Å²) in [6.45, 7) is 1.57. The molecule has 8 nitrogen and oxygen atoms in total. The molecule has 8 heteroatoms. The quantitative estimate of drug-likeness (QED) is 0.507. The Balaban J connectivity index is 1.32. The van der Waals surface area contributed by atoms with Crippen molar-refractivity contribution in [3.8, 4) is 11.1 Å². The highest BCUT2D eigenvalue weighted by Crippen LogP contribution is 2.44. The molecule has 0 heterocycles. The van der Waals surface area contributed by atoms with Gasteiger partial charge < -0.3 is 15.2 Å². The Morgan fingerprint density at radius 1 is 1.00 bits per heavy atom. The molecule has 1 unspecified atom stereocenters. The molecule has 4 rings (SSSR count). The van der Waals surface area contributed by atoms with Gasteiger partial charge in [0.2, 0.25) is 5.91 Å². The second-order valence-electron chi connectivity index (χ2n) is 8.95. The Morgan fingerprint density at radius 3 is 2.26 bits per heavy atom. The zero-order valence-electron chi connectivity index (χ0n) is 19.2. The first-order valence-corrected chi connectivity index (χ1v) is 11.7. The molecule has 2 aromatic rings. The predicted molar refractivity (Wildman–Crippen MR) is 125 cm³/mol. The van der Waals surface area contributed by atoms with Gasteiger partial charge in [0.15, 0.2) is 6.10 Å². The monoisotopic (exact) mass is 466 g/mol. The van der Waals surface area contributed by atoms with Crippen molar-refractivity contribution in [2.24, 2.45) is 5.92 Å². The maximum Gasteiger partial charge on any atom is 0.407 e. The van der Waals surface area contributed by atoms with Gasteiger partial charge in [-0.1, -0.05) is 61.4 Å². The highest BCUT2D eigenvalue weighted by Gasteiger charge is 2.31. The lowest BCUT2D eigenvalue weighted by molar-refractivity contribution is -0.159. The second kappa shape index (κ2) is 10.7. The summed E-state index contributed by atoms with van der Waals surface area (Å²) in [4.78, 5) is 40.6. The number of hydrogen-bond acceptors (Lipinski definition) is 5. The SMILES string of the molecule is CC(ONC(=O)C[C@H]1CCCC[C@H]1NC(=O)OCC1c2ccccc2-c2ccccc21)C(=O)O. The Labute approximate surface area is 198 Å². The number of amides is 2. The van der Waals surface area contributed by atoms with Crippen LogP contribution in [0.5, 0.6) is 0 Å². The maximum atomic E-state index is 12.7. The van der Waals surface area contributed by atoms with Crippen LogP contribution in [0.2, 0.25) is 0 Å². The van der Waals surface area contributed by atoms with E-state index < -0.39 is 24.1 Å². The molecule has 180 valence electrons. The van der Waals surface area contributed by atoms with Crippen molar-refractivity contribution in [2.45, 2.75) is 57.1 Å². The first-order valence-electron chi connectivity index (χ1n) is 11.7. The molecular formula is C26H30N2O6. The number of ether oxygens (including phenoxy) is 1. The van der Waals surface area contributed by atoms with Gasteiger partial charge in [0.25, 0.3) is 0 Å². The van der Waals surface area contributed by atoms with Crippen LogP contribution in [0.3, 0.4) is 0 Å². The second-order valence-corrected chi connectivity index (χ2v) is 8.95. The summed E-state index contributed by atoms with van der Waals surface area (Å²) in [6.07, 6.45) is 1.98. The van der Waals surface area contributed by atoms with Crippen LogP contribution in [0, 0.1) is 5.92 Å². The van der Waals surface area contributed by atoms with E-state index in [1.54, 1.807) is 0 Å². The van der Waals surface area contributed by atoms with Gasteiger partial charge in [0.1, 0.15) is 6.61 Å². The topological polar surface area (TPSA) is 114 Å². The Bertz CT molecular complexity index is 1010. The number of hydroxylamine groups is 1. The minimum absolute atomic E-state index is 0.0144. The van der Waals surface area contributed by atoms with Gasteiger partial charge in [0, 0.05) is 18.4 Å². The minimum atomic E-state index is -1.16. The molecule has 3 atom stereocenters. The summed E-state index contributed by atoms with van der Waals surface area (Å²) in [5.74, 6) is -1.65. The Morgan fingerprint density at radius 2 is 1.62 bits per heavy atom. The number of benzene rings is 2. The van der Waals surface area contributed by atoms with Gasteiger partial charge in [-0.2, -0.15) is 0 Å². The van der Waals surface area contributed by atoms with Crippen LogP contribution in [-0.4, -0.2) is 41.8 Å². The summed E-state index contributed by atoms with van der Waals surface area (Å²) in [5.41, 5.74) is 6.85. The number of aliphatic carboxylic acids is 1. The highest BCUT2D eigenvalue weighted by molar-refractivity contribution is 5.79. The van der Waals surface area contributed by atoms with Crippen LogP contribution >= 0.6 is 0 Å². The number of carbonyl (C=O) groups excluding carboxylic acids is 2. The predicted octanol–water partition coefficient (Wildman–Crippen LogP) is 3.99.